The number of aromatic hydroxyl groups is 1. The van der Waals surface area contributed by atoms with Crippen molar-refractivity contribution >= 4 is 11.9 Å². The summed E-state index contributed by atoms with van der Waals surface area (Å²) in [5, 5.41) is 9.63. The molecule has 1 N–H and O–H groups in total. The molecule has 5 heteroatoms. The minimum Gasteiger partial charge on any atom is -0.508 e. The highest BCUT2D eigenvalue weighted by molar-refractivity contribution is 5.96. The number of rotatable bonds is 6. The molecule has 0 saturated heterocycles. The van der Waals surface area contributed by atoms with E-state index in [0.29, 0.717) is 5.56 Å². The Morgan fingerprint density at radius 2 is 1.79 bits per heavy atom. The van der Waals surface area contributed by atoms with Gasteiger partial charge >= 0.3 is 11.9 Å². The van der Waals surface area contributed by atoms with E-state index in [-0.39, 0.29) is 23.2 Å². The molecule has 0 spiro atoms. The number of carbonyl (C=O) groups is 2. The number of hydrogen-bond acceptors (Lipinski definition) is 5. The summed E-state index contributed by atoms with van der Waals surface area (Å²) in [7, 11) is 0. The van der Waals surface area contributed by atoms with Crippen LogP contribution in [0.15, 0.2) is 48.5 Å². The van der Waals surface area contributed by atoms with Crippen LogP contribution in [-0.2, 0) is 4.74 Å². The van der Waals surface area contributed by atoms with Gasteiger partial charge in [0.2, 0.25) is 0 Å². The van der Waals surface area contributed by atoms with Crippen LogP contribution < -0.4 is 4.74 Å². The largest absolute Gasteiger partial charge is 0.508 e. The number of hydrogen-bond donors (Lipinski definition) is 1. The summed E-state index contributed by atoms with van der Waals surface area (Å²) >= 11 is 0. The summed E-state index contributed by atoms with van der Waals surface area (Å²) in [6, 6.07) is 12.4. The number of benzene rings is 2. The fraction of sp³-hybridized carbons (Fsp3) is 0.263. The Morgan fingerprint density at radius 3 is 2.46 bits per heavy atom. The molecule has 0 aliphatic heterocycles. The van der Waals surface area contributed by atoms with Crippen LogP contribution in [0.4, 0.5) is 0 Å². The summed E-state index contributed by atoms with van der Waals surface area (Å²) in [5.41, 5.74) is 0.444. The highest BCUT2D eigenvalue weighted by Gasteiger charge is 2.20. The van der Waals surface area contributed by atoms with Crippen LogP contribution in [0.1, 0.15) is 47.4 Å². The molecule has 2 aromatic carbocycles. The van der Waals surface area contributed by atoms with Crippen molar-refractivity contribution in [2.24, 2.45) is 0 Å². The minimum absolute atomic E-state index is 0.0300. The summed E-state index contributed by atoms with van der Waals surface area (Å²) in [4.78, 5) is 24.5. The number of phenols is 1. The zero-order chi connectivity index (χ0) is 17.5. The maximum atomic E-state index is 12.3. The second-order valence-corrected chi connectivity index (χ2v) is 5.44. The molecule has 0 bridgehead atoms. The van der Waals surface area contributed by atoms with Gasteiger partial charge in [-0.2, -0.15) is 0 Å². The van der Waals surface area contributed by atoms with Gasteiger partial charge in [-0.15, -0.1) is 0 Å². The van der Waals surface area contributed by atoms with Gasteiger partial charge in [-0.05, 0) is 37.6 Å². The fourth-order valence-electron chi connectivity index (χ4n) is 2.21. The lowest BCUT2D eigenvalue weighted by Gasteiger charge is -2.14. The Bertz CT molecular complexity index is 709. The average molecular weight is 328 g/mol. The van der Waals surface area contributed by atoms with Crippen molar-refractivity contribution < 1.29 is 24.2 Å². The summed E-state index contributed by atoms with van der Waals surface area (Å²) in [5.74, 6) is -1.34. The van der Waals surface area contributed by atoms with Crippen LogP contribution >= 0.6 is 0 Å². The normalized spacial score (nSPS) is 11.6. The van der Waals surface area contributed by atoms with Crippen LogP contribution in [-0.4, -0.2) is 23.1 Å². The minimum atomic E-state index is -0.614. The van der Waals surface area contributed by atoms with Gasteiger partial charge in [0, 0.05) is 6.07 Å². The van der Waals surface area contributed by atoms with Crippen LogP contribution in [0.2, 0.25) is 0 Å². The second-order valence-electron chi connectivity index (χ2n) is 5.44. The Hall–Kier alpha value is -2.82. The molecule has 0 heterocycles. The number of phenolic OH excluding ortho intramolecular Hbond substituents is 1. The molecule has 0 saturated carbocycles. The third kappa shape index (κ3) is 4.59. The predicted molar refractivity (Wildman–Crippen MR) is 89.3 cm³/mol. The smallest absolute Gasteiger partial charge is 0.343 e. The summed E-state index contributed by atoms with van der Waals surface area (Å²) in [6.45, 7) is 3.80. The summed E-state index contributed by atoms with van der Waals surface area (Å²) < 4.78 is 10.6. The first-order valence-corrected chi connectivity index (χ1v) is 7.82. The third-order valence-corrected chi connectivity index (χ3v) is 3.40. The first-order chi connectivity index (χ1) is 11.5. The van der Waals surface area contributed by atoms with Crippen LogP contribution in [0, 0.1) is 0 Å². The first kappa shape index (κ1) is 17.5. The van der Waals surface area contributed by atoms with Gasteiger partial charge in [0.25, 0.3) is 0 Å². The maximum Gasteiger partial charge on any atom is 0.343 e. The molecule has 1 unspecified atom stereocenters. The van der Waals surface area contributed by atoms with Crippen molar-refractivity contribution in [2.75, 3.05) is 0 Å². The van der Waals surface area contributed by atoms with E-state index < -0.39 is 11.9 Å². The lowest BCUT2D eigenvalue weighted by atomic mass is 10.1. The van der Waals surface area contributed by atoms with Crippen molar-refractivity contribution in [3.8, 4) is 11.5 Å². The Labute approximate surface area is 140 Å². The molecule has 24 heavy (non-hydrogen) atoms. The Kier molecular flexibility index (Phi) is 5.95. The molecule has 1 atom stereocenters. The molecule has 5 nitrogen and oxygen atoms in total. The molecule has 0 radical (unpaired) electrons. The first-order valence-electron chi connectivity index (χ1n) is 7.82. The SMILES string of the molecule is CCCC(C)OC(=O)c1ccc(O)cc1OC(=O)c1ccccc1. The van der Waals surface area contributed by atoms with Crippen molar-refractivity contribution in [2.45, 2.75) is 32.8 Å². The Morgan fingerprint density at radius 1 is 1.08 bits per heavy atom. The van der Waals surface area contributed by atoms with Crippen molar-refractivity contribution in [3.05, 3.63) is 59.7 Å². The quantitative estimate of drug-likeness (QED) is 0.642. The third-order valence-electron chi connectivity index (χ3n) is 3.40. The second kappa shape index (κ2) is 8.15. The van der Waals surface area contributed by atoms with Crippen molar-refractivity contribution in [1.82, 2.24) is 0 Å². The molecular formula is C19H20O5. The molecule has 0 aliphatic carbocycles. The van der Waals surface area contributed by atoms with Crippen molar-refractivity contribution in [1.29, 1.82) is 0 Å². The van der Waals surface area contributed by atoms with E-state index in [0.717, 1.165) is 12.8 Å². The van der Waals surface area contributed by atoms with E-state index in [1.807, 2.05) is 6.92 Å². The standard InChI is InChI=1S/C19H20O5/c1-3-7-13(2)23-19(22)16-11-10-15(20)12-17(16)24-18(21)14-8-5-4-6-9-14/h4-6,8-13,20H,3,7H2,1-2H3. The van der Waals surface area contributed by atoms with Gasteiger partial charge in [-0.3, -0.25) is 0 Å². The fourth-order valence-corrected chi connectivity index (χ4v) is 2.21. The molecule has 2 rings (SSSR count). The van der Waals surface area contributed by atoms with Gasteiger partial charge in [-0.25, -0.2) is 9.59 Å². The molecule has 0 aliphatic rings. The number of ether oxygens (including phenoxy) is 2. The zero-order valence-corrected chi connectivity index (χ0v) is 13.7. The molecule has 0 aromatic heterocycles. The number of carbonyl (C=O) groups excluding carboxylic acids is 2. The van der Waals surface area contributed by atoms with Gasteiger partial charge < -0.3 is 14.6 Å². The van der Waals surface area contributed by atoms with Crippen LogP contribution in [0.25, 0.3) is 0 Å². The number of esters is 2. The highest BCUT2D eigenvalue weighted by atomic mass is 16.6. The van der Waals surface area contributed by atoms with Gasteiger partial charge in [0.15, 0.2) is 0 Å². The van der Waals surface area contributed by atoms with Gasteiger partial charge in [-0.1, -0.05) is 31.5 Å². The predicted octanol–water partition coefficient (Wildman–Crippen LogP) is 3.96. The monoisotopic (exact) mass is 328 g/mol. The highest BCUT2D eigenvalue weighted by Crippen LogP contribution is 2.26. The zero-order valence-electron chi connectivity index (χ0n) is 13.7. The molecule has 0 fully saturated rings. The van der Waals surface area contributed by atoms with Gasteiger partial charge in [0.1, 0.15) is 17.1 Å². The average Bonchev–Trinajstić information content (AvgIpc) is 2.55. The molecule has 126 valence electrons. The van der Waals surface area contributed by atoms with E-state index in [2.05, 4.69) is 0 Å². The maximum absolute atomic E-state index is 12.3. The topological polar surface area (TPSA) is 72.8 Å². The Balaban J connectivity index is 2.21. The van der Waals surface area contributed by atoms with Crippen molar-refractivity contribution in [3.63, 3.8) is 0 Å². The van der Waals surface area contributed by atoms with E-state index in [1.54, 1.807) is 37.3 Å². The van der Waals surface area contributed by atoms with E-state index in [1.165, 1.54) is 18.2 Å². The lowest BCUT2D eigenvalue weighted by molar-refractivity contribution is 0.0319. The lowest BCUT2D eigenvalue weighted by Crippen LogP contribution is -2.17. The molecule has 0 amide bonds. The van der Waals surface area contributed by atoms with E-state index in [4.69, 9.17) is 9.47 Å². The van der Waals surface area contributed by atoms with Crippen LogP contribution in [0.3, 0.4) is 0 Å². The van der Waals surface area contributed by atoms with Crippen LogP contribution in [0.5, 0.6) is 11.5 Å². The van der Waals surface area contributed by atoms with Gasteiger partial charge in [0.05, 0.1) is 11.7 Å². The summed E-state index contributed by atoms with van der Waals surface area (Å²) in [6.07, 6.45) is 1.39. The van der Waals surface area contributed by atoms with E-state index >= 15 is 0 Å². The molecular weight excluding hydrogens is 308 g/mol. The molecule has 2 aromatic rings. The van der Waals surface area contributed by atoms with E-state index in [9.17, 15) is 14.7 Å².